The van der Waals surface area contributed by atoms with Crippen LogP contribution in [0.25, 0.3) is 0 Å². The highest BCUT2D eigenvalue weighted by molar-refractivity contribution is 7.90. The Balaban J connectivity index is 2.17. The molecular formula is C18H18ClNO6S. The van der Waals surface area contributed by atoms with Gasteiger partial charge in [0.25, 0.3) is 5.91 Å². The molecule has 0 aliphatic carbocycles. The number of nitrogens with one attached hydrogen (secondary N) is 1. The van der Waals surface area contributed by atoms with Crippen LogP contribution in [0.2, 0.25) is 5.02 Å². The Morgan fingerprint density at radius 2 is 1.85 bits per heavy atom. The standard InChI is InChI=1S/C18H18ClNO6S/c1-11-8-13(26-10-17(21)25-2)5-7-15(11)20-18(22)12-4-6-14(19)16(9-12)27(3,23)24/h4-9H,10H2,1-3H3,(H,20,22). The second kappa shape index (κ2) is 8.41. The summed E-state index contributed by atoms with van der Waals surface area (Å²) >= 11 is 5.89. The van der Waals surface area contributed by atoms with Crippen molar-refractivity contribution in [1.82, 2.24) is 0 Å². The van der Waals surface area contributed by atoms with Crippen molar-refractivity contribution >= 4 is 39.0 Å². The molecule has 9 heteroatoms. The molecule has 7 nitrogen and oxygen atoms in total. The summed E-state index contributed by atoms with van der Waals surface area (Å²) in [5, 5.41) is 2.76. The van der Waals surface area contributed by atoms with Gasteiger partial charge in [0.1, 0.15) is 5.75 Å². The summed E-state index contributed by atoms with van der Waals surface area (Å²) in [7, 11) is -2.29. The van der Waals surface area contributed by atoms with Gasteiger partial charge in [-0.05, 0) is 48.9 Å². The number of aryl methyl sites for hydroxylation is 1. The molecule has 1 N–H and O–H groups in total. The predicted molar refractivity (Wildman–Crippen MR) is 101 cm³/mol. The number of methoxy groups -OCH3 is 1. The lowest BCUT2D eigenvalue weighted by atomic mass is 10.1. The summed E-state index contributed by atoms with van der Waals surface area (Å²) in [6.07, 6.45) is 1.02. The van der Waals surface area contributed by atoms with Crippen molar-refractivity contribution in [2.24, 2.45) is 0 Å². The van der Waals surface area contributed by atoms with E-state index in [1.807, 2.05) is 0 Å². The minimum absolute atomic E-state index is 0.0531. The molecule has 2 aromatic carbocycles. The maximum atomic E-state index is 12.5. The van der Waals surface area contributed by atoms with Crippen LogP contribution in [0.4, 0.5) is 5.69 Å². The molecule has 0 saturated carbocycles. The van der Waals surface area contributed by atoms with E-state index in [1.54, 1.807) is 25.1 Å². The van der Waals surface area contributed by atoms with E-state index in [0.717, 1.165) is 6.26 Å². The molecule has 0 bridgehead atoms. The number of ether oxygens (including phenoxy) is 2. The number of carbonyl (C=O) groups is 2. The van der Waals surface area contributed by atoms with Gasteiger partial charge in [-0.1, -0.05) is 11.6 Å². The van der Waals surface area contributed by atoms with Gasteiger partial charge in [0.05, 0.1) is 17.0 Å². The zero-order valence-corrected chi connectivity index (χ0v) is 16.5. The Morgan fingerprint density at radius 1 is 1.15 bits per heavy atom. The third kappa shape index (κ3) is 5.45. The summed E-state index contributed by atoms with van der Waals surface area (Å²) in [4.78, 5) is 23.4. The molecular weight excluding hydrogens is 394 g/mol. The Kier molecular flexibility index (Phi) is 6.45. The van der Waals surface area contributed by atoms with E-state index in [9.17, 15) is 18.0 Å². The summed E-state index contributed by atoms with van der Waals surface area (Å²) in [6, 6.07) is 8.90. The predicted octanol–water partition coefficient (Wildman–Crippen LogP) is 2.86. The maximum absolute atomic E-state index is 12.5. The van der Waals surface area contributed by atoms with Gasteiger partial charge in [0.2, 0.25) is 0 Å². The number of esters is 1. The minimum Gasteiger partial charge on any atom is -0.482 e. The largest absolute Gasteiger partial charge is 0.482 e. The molecule has 0 spiro atoms. The van der Waals surface area contributed by atoms with E-state index in [1.165, 1.54) is 25.3 Å². The lowest BCUT2D eigenvalue weighted by molar-refractivity contribution is -0.142. The zero-order valence-electron chi connectivity index (χ0n) is 14.9. The number of hydrogen-bond donors (Lipinski definition) is 1. The highest BCUT2D eigenvalue weighted by Gasteiger charge is 2.16. The SMILES string of the molecule is COC(=O)COc1ccc(NC(=O)c2ccc(Cl)c(S(C)(=O)=O)c2)c(C)c1. The first-order chi connectivity index (χ1) is 12.6. The summed E-state index contributed by atoms with van der Waals surface area (Å²) in [5.74, 6) is -0.542. The average Bonchev–Trinajstić information content (AvgIpc) is 2.60. The number of amides is 1. The molecule has 0 unspecified atom stereocenters. The fourth-order valence-corrected chi connectivity index (χ4v) is 3.49. The number of benzene rings is 2. The highest BCUT2D eigenvalue weighted by atomic mass is 35.5. The van der Waals surface area contributed by atoms with E-state index in [4.69, 9.17) is 16.3 Å². The van der Waals surface area contributed by atoms with Gasteiger partial charge >= 0.3 is 5.97 Å². The molecule has 2 rings (SSSR count). The molecule has 0 aliphatic heterocycles. The number of carbonyl (C=O) groups excluding carboxylic acids is 2. The average molecular weight is 412 g/mol. The molecule has 2 aromatic rings. The van der Waals surface area contributed by atoms with Crippen LogP contribution in [0, 0.1) is 6.92 Å². The zero-order chi connectivity index (χ0) is 20.2. The molecule has 0 heterocycles. The van der Waals surface area contributed by atoms with Crippen LogP contribution < -0.4 is 10.1 Å². The first-order valence-electron chi connectivity index (χ1n) is 7.73. The minimum atomic E-state index is -3.56. The van der Waals surface area contributed by atoms with E-state index in [-0.39, 0.29) is 22.1 Å². The van der Waals surface area contributed by atoms with Crippen molar-refractivity contribution in [1.29, 1.82) is 0 Å². The van der Waals surface area contributed by atoms with E-state index in [0.29, 0.717) is 17.0 Å². The molecule has 0 saturated heterocycles. The third-order valence-electron chi connectivity index (χ3n) is 3.62. The van der Waals surface area contributed by atoms with E-state index >= 15 is 0 Å². The molecule has 0 aromatic heterocycles. The number of rotatable bonds is 6. The third-order valence-corrected chi connectivity index (χ3v) is 5.20. The van der Waals surface area contributed by atoms with Crippen molar-refractivity contribution in [2.45, 2.75) is 11.8 Å². The van der Waals surface area contributed by atoms with Crippen molar-refractivity contribution in [3.05, 3.63) is 52.5 Å². The molecule has 0 fully saturated rings. The Labute approximate surface area is 162 Å². The number of hydrogen-bond acceptors (Lipinski definition) is 6. The van der Waals surface area contributed by atoms with Gasteiger partial charge in [0, 0.05) is 17.5 Å². The van der Waals surface area contributed by atoms with Gasteiger partial charge in [-0.25, -0.2) is 13.2 Å². The van der Waals surface area contributed by atoms with Gasteiger partial charge in [0.15, 0.2) is 16.4 Å². The number of anilines is 1. The van der Waals surface area contributed by atoms with Crippen molar-refractivity contribution in [3.8, 4) is 5.75 Å². The first-order valence-corrected chi connectivity index (χ1v) is 10.00. The van der Waals surface area contributed by atoms with Crippen LogP contribution in [0.3, 0.4) is 0 Å². The van der Waals surface area contributed by atoms with Crippen LogP contribution in [0.5, 0.6) is 5.75 Å². The molecule has 1 amide bonds. The fourth-order valence-electron chi connectivity index (χ4n) is 2.19. The van der Waals surface area contributed by atoms with Crippen LogP contribution in [0.1, 0.15) is 15.9 Å². The Morgan fingerprint density at radius 3 is 2.44 bits per heavy atom. The highest BCUT2D eigenvalue weighted by Crippen LogP contribution is 2.25. The summed E-state index contributed by atoms with van der Waals surface area (Å²) in [6.45, 7) is 1.53. The molecule has 27 heavy (non-hydrogen) atoms. The van der Waals surface area contributed by atoms with Crippen molar-refractivity contribution in [3.63, 3.8) is 0 Å². The van der Waals surface area contributed by atoms with Crippen LogP contribution in [-0.4, -0.2) is 40.3 Å². The lowest BCUT2D eigenvalue weighted by Gasteiger charge is -2.12. The van der Waals surface area contributed by atoms with Crippen molar-refractivity contribution in [2.75, 3.05) is 25.3 Å². The quantitative estimate of drug-likeness (QED) is 0.734. The van der Waals surface area contributed by atoms with Gasteiger partial charge in [-0.2, -0.15) is 0 Å². The topological polar surface area (TPSA) is 98.8 Å². The molecule has 0 atom stereocenters. The first kappa shape index (κ1) is 20.7. The molecule has 0 aliphatic rings. The van der Waals surface area contributed by atoms with Crippen LogP contribution in [0.15, 0.2) is 41.3 Å². The molecule has 144 valence electrons. The van der Waals surface area contributed by atoms with Crippen molar-refractivity contribution < 1.29 is 27.5 Å². The molecule has 0 radical (unpaired) electrons. The monoisotopic (exact) mass is 411 g/mol. The number of halogens is 1. The fraction of sp³-hybridized carbons (Fsp3) is 0.222. The van der Waals surface area contributed by atoms with Gasteiger partial charge < -0.3 is 14.8 Å². The summed E-state index contributed by atoms with van der Waals surface area (Å²) in [5.41, 5.74) is 1.37. The van der Waals surface area contributed by atoms with Gasteiger partial charge in [-0.15, -0.1) is 0 Å². The smallest absolute Gasteiger partial charge is 0.343 e. The van der Waals surface area contributed by atoms with Crippen LogP contribution >= 0.6 is 11.6 Å². The number of sulfone groups is 1. The maximum Gasteiger partial charge on any atom is 0.343 e. The second-order valence-electron chi connectivity index (χ2n) is 5.71. The second-order valence-corrected chi connectivity index (χ2v) is 8.10. The van der Waals surface area contributed by atoms with E-state index < -0.39 is 21.7 Å². The lowest BCUT2D eigenvalue weighted by Crippen LogP contribution is -2.14. The van der Waals surface area contributed by atoms with E-state index in [2.05, 4.69) is 10.1 Å². The Bertz CT molecular complexity index is 987. The Hall–Kier alpha value is -2.58. The normalized spacial score (nSPS) is 11.0. The van der Waals surface area contributed by atoms with Gasteiger partial charge in [-0.3, -0.25) is 4.79 Å². The van der Waals surface area contributed by atoms with Crippen LogP contribution in [-0.2, 0) is 19.4 Å². The summed E-state index contributed by atoms with van der Waals surface area (Å²) < 4.78 is 33.3.